The van der Waals surface area contributed by atoms with E-state index in [0.717, 1.165) is 0 Å². The number of carbonyl (C=O) groups excluding carboxylic acids is 2. The Hall–Kier alpha value is -1.90. The van der Waals surface area contributed by atoms with Gasteiger partial charge in [-0.2, -0.15) is 0 Å². The van der Waals surface area contributed by atoms with Crippen molar-refractivity contribution in [3.05, 3.63) is 48.0 Å². The predicted molar refractivity (Wildman–Crippen MR) is 61.2 cm³/mol. The molecule has 0 bridgehead atoms. The molecule has 16 heavy (non-hydrogen) atoms. The van der Waals surface area contributed by atoms with Crippen molar-refractivity contribution in [2.75, 3.05) is 7.11 Å². The second-order valence-corrected chi connectivity index (χ2v) is 3.25. The quantitative estimate of drug-likeness (QED) is 0.433. The molecule has 1 rings (SSSR count). The van der Waals surface area contributed by atoms with Crippen LogP contribution in [-0.2, 0) is 9.53 Å². The Balaban J connectivity index is 2.37. The zero-order chi connectivity index (χ0) is 11.8. The number of ketones is 1. The van der Waals surface area contributed by atoms with Crippen LogP contribution in [0.1, 0.15) is 23.2 Å². The zero-order valence-corrected chi connectivity index (χ0v) is 9.18. The number of Topliss-reactive ketones (excluding diaryl/α,β-unsaturated/α-hetero) is 1. The molecule has 0 radical (unpaired) electrons. The minimum Gasteiger partial charge on any atom is -0.466 e. The minimum absolute atomic E-state index is 0.0788. The van der Waals surface area contributed by atoms with Gasteiger partial charge in [0.05, 0.1) is 7.11 Å². The summed E-state index contributed by atoms with van der Waals surface area (Å²) in [6.07, 6.45) is 3.92. The van der Waals surface area contributed by atoms with Crippen LogP contribution in [0.15, 0.2) is 42.5 Å². The fraction of sp³-hybridized carbons (Fsp3) is 0.231. The first kappa shape index (κ1) is 12.2. The van der Waals surface area contributed by atoms with Gasteiger partial charge in [-0.3, -0.25) is 4.79 Å². The van der Waals surface area contributed by atoms with Crippen LogP contribution in [0, 0.1) is 0 Å². The lowest BCUT2D eigenvalue weighted by atomic mass is 10.1. The van der Waals surface area contributed by atoms with Crippen molar-refractivity contribution in [3.8, 4) is 0 Å². The lowest BCUT2D eigenvalue weighted by molar-refractivity contribution is -0.134. The van der Waals surface area contributed by atoms with Gasteiger partial charge >= 0.3 is 5.97 Å². The SMILES string of the molecule is COC(=O)/C=C/CCC(=O)c1ccccc1. The van der Waals surface area contributed by atoms with Crippen LogP contribution in [0.5, 0.6) is 0 Å². The number of ether oxygens (including phenoxy) is 1. The van der Waals surface area contributed by atoms with Gasteiger partial charge in [0, 0.05) is 18.1 Å². The third-order valence-corrected chi connectivity index (χ3v) is 2.09. The molecule has 0 saturated carbocycles. The molecular formula is C13H14O3. The lowest BCUT2D eigenvalue weighted by Crippen LogP contribution is -1.98. The fourth-order valence-corrected chi connectivity index (χ4v) is 1.23. The average molecular weight is 218 g/mol. The van der Waals surface area contributed by atoms with Gasteiger partial charge in [-0.25, -0.2) is 4.79 Å². The summed E-state index contributed by atoms with van der Waals surface area (Å²) in [5.41, 5.74) is 0.703. The number of rotatable bonds is 5. The van der Waals surface area contributed by atoms with Gasteiger partial charge in [0.2, 0.25) is 0 Å². The number of carbonyl (C=O) groups is 2. The number of hydrogen-bond donors (Lipinski definition) is 0. The third-order valence-electron chi connectivity index (χ3n) is 2.09. The summed E-state index contributed by atoms with van der Waals surface area (Å²) in [6.45, 7) is 0. The van der Waals surface area contributed by atoms with Crippen LogP contribution in [0.4, 0.5) is 0 Å². The topological polar surface area (TPSA) is 43.4 Å². The first-order valence-electron chi connectivity index (χ1n) is 5.07. The third kappa shape index (κ3) is 4.09. The van der Waals surface area contributed by atoms with E-state index in [-0.39, 0.29) is 5.78 Å². The Kier molecular flexibility index (Phi) is 4.99. The van der Waals surface area contributed by atoms with Crippen molar-refractivity contribution in [2.24, 2.45) is 0 Å². The van der Waals surface area contributed by atoms with Crippen molar-refractivity contribution < 1.29 is 14.3 Å². The molecule has 0 aromatic heterocycles. The molecule has 0 fully saturated rings. The average Bonchev–Trinajstić information content (AvgIpc) is 2.35. The fourth-order valence-electron chi connectivity index (χ4n) is 1.23. The van der Waals surface area contributed by atoms with Crippen molar-refractivity contribution in [3.63, 3.8) is 0 Å². The highest BCUT2D eigenvalue weighted by Crippen LogP contribution is 2.05. The van der Waals surface area contributed by atoms with Gasteiger partial charge in [-0.1, -0.05) is 36.4 Å². The number of hydrogen-bond acceptors (Lipinski definition) is 3. The van der Waals surface area contributed by atoms with E-state index in [9.17, 15) is 9.59 Å². The molecule has 0 atom stereocenters. The summed E-state index contributed by atoms with van der Waals surface area (Å²) in [6, 6.07) is 9.10. The van der Waals surface area contributed by atoms with Crippen molar-refractivity contribution in [2.45, 2.75) is 12.8 Å². The summed E-state index contributed by atoms with van der Waals surface area (Å²) in [5.74, 6) is -0.317. The van der Waals surface area contributed by atoms with E-state index in [2.05, 4.69) is 4.74 Å². The molecule has 1 aromatic carbocycles. The van der Waals surface area contributed by atoms with Crippen LogP contribution in [0.3, 0.4) is 0 Å². The molecule has 0 saturated heterocycles. The molecule has 0 N–H and O–H groups in total. The molecule has 0 amide bonds. The van der Waals surface area contributed by atoms with E-state index in [1.165, 1.54) is 13.2 Å². The first-order valence-corrected chi connectivity index (χ1v) is 5.07. The Morgan fingerprint density at radius 1 is 1.25 bits per heavy atom. The highest BCUT2D eigenvalue weighted by Gasteiger charge is 2.02. The zero-order valence-electron chi connectivity index (χ0n) is 9.18. The van der Waals surface area contributed by atoms with Crippen LogP contribution >= 0.6 is 0 Å². The van der Waals surface area contributed by atoms with E-state index in [1.54, 1.807) is 18.2 Å². The van der Waals surface area contributed by atoms with Crippen LogP contribution in [0.25, 0.3) is 0 Å². The summed E-state index contributed by atoms with van der Waals surface area (Å²) < 4.78 is 4.43. The maximum Gasteiger partial charge on any atom is 0.330 e. The molecule has 0 aliphatic carbocycles. The second kappa shape index (κ2) is 6.56. The molecule has 1 aromatic rings. The van der Waals surface area contributed by atoms with Crippen LogP contribution in [0.2, 0.25) is 0 Å². The molecule has 84 valence electrons. The van der Waals surface area contributed by atoms with Crippen molar-refractivity contribution >= 4 is 11.8 Å². The summed E-state index contributed by atoms with van der Waals surface area (Å²) in [7, 11) is 1.32. The Morgan fingerprint density at radius 3 is 2.56 bits per heavy atom. The second-order valence-electron chi connectivity index (χ2n) is 3.25. The Morgan fingerprint density at radius 2 is 1.94 bits per heavy atom. The molecule has 0 heterocycles. The largest absolute Gasteiger partial charge is 0.466 e. The van der Waals surface area contributed by atoms with E-state index < -0.39 is 5.97 Å². The van der Waals surface area contributed by atoms with E-state index in [1.807, 2.05) is 18.2 Å². The molecule has 0 unspecified atom stereocenters. The lowest BCUT2D eigenvalue weighted by Gasteiger charge is -1.97. The molecule has 3 nitrogen and oxygen atoms in total. The van der Waals surface area contributed by atoms with Gasteiger partial charge < -0.3 is 4.74 Å². The number of allylic oxidation sites excluding steroid dienone is 1. The van der Waals surface area contributed by atoms with E-state index in [0.29, 0.717) is 18.4 Å². The van der Waals surface area contributed by atoms with E-state index in [4.69, 9.17) is 0 Å². The molecule has 3 heteroatoms. The standard InChI is InChI=1S/C13H14O3/c1-16-13(15)10-6-5-9-12(14)11-7-3-2-4-8-11/h2-4,6-8,10H,5,9H2,1H3/b10-6+. The van der Waals surface area contributed by atoms with E-state index >= 15 is 0 Å². The molecular weight excluding hydrogens is 204 g/mol. The van der Waals surface area contributed by atoms with Gasteiger partial charge in [0.15, 0.2) is 5.78 Å². The smallest absolute Gasteiger partial charge is 0.330 e. The maximum absolute atomic E-state index is 11.6. The Bertz CT molecular complexity index is 379. The van der Waals surface area contributed by atoms with Gasteiger partial charge in [-0.15, -0.1) is 0 Å². The highest BCUT2D eigenvalue weighted by atomic mass is 16.5. The monoisotopic (exact) mass is 218 g/mol. The molecule has 0 aliphatic rings. The van der Waals surface area contributed by atoms with Crippen LogP contribution < -0.4 is 0 Å². The maximum atomic E-state index is 11.6. The van der Waals surface area contributed by atoms with Gasteiger partial charge in [0.1, 0.15) is 0 Å². The van der Waals surface area contributed by atoms with Crippen LogP contribution in [-0.4, -0.2) is 18.9 Å². The number of methoxy groups -OCH3 is 1. The summed E-state index contributed by atoms with van der Waals surface area (Å²) in [5, 5.41) is 0. The number of esters is 1. The predicted octanol–water partition coefficient (Wildman–Crippen LogP) is 2.38. The van der Waals surface area contributed by atoms with Gasteiger partial charge in [0.25, 0.3) is 0 Å². The van der Waals surface area contributed by atoms with Gasteiger partial charge in [-0.05, 0) is 6.42 Å². The Labute approximate surface area is 94.7 Å². The minimum atomic E-state index is -0.396. The first-order chi connectivity index (χ1) is 7.74. The van der Waals surface area contributed by atoms with Crippen molar-refractivity contribution in [1.29, 1.82) is 0 Å². The summed E-state index contributed by atoms with van der Waals surface area (Å²) >= 11 is 0. The van der Waals surface area contributed by atoms with Crippen molar-refractivity contribution in [1.82, 2.24) is 0 Å². The number of benzene rings is 1. The highest BCUT2D eigenvalue weighted by molar-refractivity contribution is 5.96. The normalized spacial score (nSPS) is 10.3. The molecule has 0 aliphatic heterocycles. The summed E-state index contributed by atoms with van der Waals surface area (Å²) in [4.78, 5) is 22.3. The molecule has 0 spiro atoms.